The van der Waals surface area contributed by atoms with Gasteiger partial charge in [0.15, 0.2) is 9.84 Å². The van der Waals surface area contributed by atoms with Crippen LogP contribution < -0.4 is 5.32 Å². The maximum atomic E-state index is 11.7. The first-order valence-corrected chi connectivity index (χ1v) is 7.84. The molecule has 0 aromatic heterocycles. The lowest BCUT2D eigenvalue weighted by molar-refractivity contribution is -0.121. The zero-order valence-electron chi connectivity index (χ0n) is 9.64. The molecular formula is C10H19NO3S2. The molecule has 4 nitrogen and oxygen atoms in total. The third-order valence-electron chi connectivity index (χ3n) is 2.71. The van der Waals surface area contributed by atoms with Gasteiger partial charge in [-0.05, 0) is 18.8 Å². The molecule has 1 fully saturated rings. The summed E-state index contributed by atoms with van der Waals surface area (Å²) >= 11 is 4.20. The van der Waals surface area contributed by atoms with E-state index in [4.69, 9.17) is 0 Å². The minimum Gasteiger partial charge on any atom is -0.351 e. The SMILES string of the molecule is CC(C)C(S)C(=O)NC1CCCS(=O)(=O)C1. The standard InChI is InChI=1S/C10H19NO3S2/c1-7(2)9(15)10(12)11-8-4-3-5-16(13,14)6-8/h7-9,15H,3-6H2,1-2H3,(H,11,12). The van der Waals surface area contributed by atoms with Crippen molar-refractivity contribution in [3.8, 4) is 0 Å². The Morgan fingerprint density at radius 2 is 2.06 bits per heavy atom. The molecule has 1 amide bonds. The highest BCUT2D eigenvalue weighted by molar-refractivity contribution is 7.91. The monoisotopic (exact) mass is 265 g/mol. The van der Waals surface area contributed by atoms with Crippen molar-refractivity contribution in [1.82, 2.24) is 5.32 Å². The van der Waals surface area contributed by atoms with Crippen LogP contribution in [-0.4, -0.2) is 37.1 Å². The number of hydrogen-bond donors (Lipinski definition) is 2. The maximum Gasteiger partial charge on any atom is 0.233 e. The van der Waals surface area contributed by atoms with Gasteiger partial charge in [0.05, 0.1) is 16.8 Å². The van der Waals surface area contributed by atoms with Crippen molar-refractivity contribution < 1.29 is 13.2 Å². The lowest BCUT2D eigenvalue weighted by atomic mass is 10.1. The van der Waals surface area contributed by atoms with Gasteiger partial charge in [-0.2, -0.15) is 12.6 Å². The van der Waals surface area contributed by atoms with Crippen LogP contribution in [0.3, 0.4) is 0 Å². The van der Waals surface area contributed by atoms with E-state index in [1.165, 1.54) is 0 Å². The molecule has 1 heterocycles. The molecule has 0 spiro atoms. The van der Waals surface area contributed by atoms with E-state index in [1.54, 1.807) is 0 Å². The lowest BCUT2D eigenvalue weighted by Crippen LogP contribution is -2.46. The summed E-state index contributed by atoms with van der Waals surface area (Å²) < 4.78 is 22.8. The minimum atomic E-state index is -2.96. The van der Waals surface area contributed by atoms with E-state index < -0.39 is 9.84 Å². The topological polar surface area (TPSA) is 63.2 Å². The Kier molecular flexibility index (Phi) is 4.67. The molecular weight excluding hydrogens is 246 g/mol. The van der Waals surface area contributed by atoms with Gasteiger partial charge in [-0.15, -0.1) is 0 Å². The Morgan fingerprint density at radius 1 is 1.44 bits per heavy atom. The van der Waals surface area contributed by atoms with Crippen molar-refractivity contribution in [3.63, 3.8) is 0 Å². The molecule has 0 radical (unpaired) electrons. The minimum absolute atomic E-state index is 0.0668. The summed E-state index contributed by atoms with van der Waals surface area (Å²) in [5, 5.41) is 2.39. The van der Waals surface area contributed by atoms with Crippen LogP contribution in [-0.2, 0) is 14.6 Å². The Morgan fingerprint density at radius 3 is 2.56 bits per heavy atom. The summed E-state index contributed by atoms with van der Waals surface area (Å²) in [7, 11) is -2.96. The van der Waals surface area contributed by atoms with Crippen LogP contribution in [0, 0.1) is 5.92 Å². The van der Waals surface area contributed by atoms with Gasteiger partial charge in [0.2, 0.25) is 5.91 Å². The molecule has 0 aromatic rings. The molecule has 1 aliphatic rings. The average molecular weight is 265 g/mol. The molecule has 2 unspecified atom stereocenters. The predicted octanol–water partition coefficient (Wildman–Crippen LogP) is 0.634. The van der Waals surface area contributed by atoms with Gasteiger partial charge < -0.3 is 5.32 Å². The molecule has 0 saturated carbocycles. The van der Waals surface area contributed by atoms with E-state index in [9.17, 15) is 13.2 Å². The van der Waals surface area contributed by atoms with Crippen molar-refractivity contribution >= 4 is 28.4 Å². The zero-order chi connectivity index (χ0) is 12.3. The quantitative estimate of drug-likeness (QED) is 0.736. The first kappa shape index (κ1) is 13.8. The number of carbonyl (C=O) groups is 1. The molecule has 16 heavy (non-hydrogen) atoms. The Labute approximate surface area is 103 Å². The van der Waals surface area contributed by atoms with E-state index in [0.29, 0.717) is 6.42 Å². The van der Waals surface area contributed by atoms with Crippen LogP contribution in [0.15, 0.2) is 0 Å². The van der Waals surface area contributed by atoms with Crippen LogP contribution in [0.25, 0.3) is 0 Å². The third-order valence-corrected chi connectivity index (χ3v) is 5.36. The summed E-state index contributed by atoms with van der Waals surface area (Å²) in [6.07, 6.45) is 1.37. The van der Waals surface area contributed by atoms with Crippen LogP contribution in [0.4, 0.5) is 0 Å². The average Bonchev–Trinajstić information content (AvgIpc) is 2.14. The smallest absolute Gasteiger partial charge is 0.233 e. The Hall–Kier alpha value is -0.230. The number of sulfone groups is 1. The van der Waals surface area contributed by atoms with Crippen molar-refractivity contribution in [2.45, 2.75) is 38.0 Å². The highest BCUT2D eigenvalue weighted by Crippen LogP contribution is 2.14. The molecule has 1 saturated heterocycles. The van der Waals surface area contributed by atoms with Crippen LogP contribution in [0.2, 0.25) is 0 Å². The maximum absolute atomic E-state index is 11.7. The molecule has 0 aromatic carbocycles. The van der Waals surface area contributed by atoms with Crippen molar-refractivity contribution in [2.75, 3.05) is 11.5 Å². The number of nitrogens with one attached hydrogen (secondary N) is 1. The van der Waals surface area contributed by atoms with Gasteiger partial charge in [0, 0.05) is 6.04 Å². The zero-order valence-corrected chi connectivity index (χ0v) is 11.4. The number of carbonyl (C=O) groups excluding carboxylic acids is 1. The predicted molar refractivity (Wildman–Crippen MR) is 67.4 cm³/mol. The fourth-order valence-corrected chi connectivity index (χ4v) is 3.44. The summed E-state index contributed by atoms with van der Waals surface area (Å²) in [4.78, 5) is 11.7. The fourth-order valence-electron chi connectivity index (χ4n) is 1.73. The molecule has 2 atom stereocenters. The molecule has 94 valence electrons. The van der Waals surface area contributed by atoms with Gasteiger partial charge in [-0.3, -0.25) is 4.79 Å². The van der Waals surface area contributed by atoms with Gasteiger partial charge in [-0.1, -0.05) is 13.8 Å². The highest BCUT2D eigenvalue weighted by Gasteiger charge is 2.27. The van der Waals surface area contributed by atoms with Gasteiger partial charge in [0.25, 0.3) is 0 Å². The number of amides is 1. The first-order valence-electron chi connectivity index (χ1n) is 5.50. The molecule has 0 bridgehead atoms. The first-order chi connectivity index (χ1) is 7.32. The van der Waals surface area contributed by atoms with Crippen molar-refractivity contribution in [3.05, 3.63) is 0 Å². The van der Waals surface area contributed by atoms with Crippen LogP contribution >= 0.6 is 12.6 Å². The number of rotatable bonds is 3. The van der Waals surface area contributed by atoms with E-state index in [2.05, 4.69) is 17.9 Å². The van der Waals surface area contributed by atoms with Crippen molar-refractivity contribution in [1.29, 1.82) is 0 Å². The highest BCUT2D eigenvalue weighted by atomic mass is 32.2. The summed E-state index contributed by atoms with van der Waals surface area (Å²) in [5.74, 6) is 0.287. The molecule has 1 aliphatic heterocycles. The molecule has 6 heteroatoms. The van der Waals surface area contributed by atoms with Gasteiger partial charge >= 0.3 is 0 Å². The van der Waals surface area contributed by atoms with Crippen molar-refractivity contribution in [2.24, 2.45) is 5.92 Å². The second-order valence-electron chi connectivity index (χ2n) is 4.65. The Balaban J connectivity index is 2.52. The second-order valence-corrected chi connectivity index (χ2v) is 7.44. The fraction of sp³-hybridized carbons (Fsp3) is 0.900. The van der Waals surface area contributed by atoms with E-state index in [-0.39, 0.29) is 34.6 Å². The summed E-state index contributed by atoms with van der Waals surface area (Å²) in [6.45, 7) is 3.82. The van der Waals surface area contributed by atoms with Gasteiger partial charge in [0.1, 0.15) is 0 Å². The van der Waals surface area contributed by atoms with E-state index in [1.807, 2.05) is 13.8 Å². The van der Waals surface area contributed by atoms with E-state index >= 15 is 0 Å². The summed E-state index contributed by atoms with van der Waals surface area (Å²) in [5.41, 5.74) is 0. The summed E-state index contributed by atoms with van der Waals surface area (Å²) in [6, 6.07) is -0.236. The largest absolute Gasteiger partial charge is 0.351 e. The Bertz CT molecular complexity index is 351. The normalized spacial score (nSPS) is 26.4. The number of hydrogen-bond acceptors (Lipinski definition) is 4. The van der Waals surface area contributed by atoms with Gasteiger partial charge in [-0.25, -0.2) is 8.42 Å². The lowest BCUT2D eigenvalue weighted by Gasteiger charge is -2.25. The third kappa shape index (κ3) is 3.97. The van der Waals surface area contributed by atoms with Crippen LogP contribution in [0.1, 0.15) is 26.7 Å². The molecule has 0 aliphatic carbocycles. The van der Waals surface area contributed by atoms with Crippen LogP contribution in [0.5, 0.6) is 0 Å². The number of thiol groups is 1. The molecule has 1 rings (SSSR count). The van der Waals surface area contributed by atoms with E-state index in [0.717, 1.165) is 6.42 Å². The molecule has 1 N–H and O–H groups in total. The second kappa shape index (κ2) is 5.40.